The number of fused-ring (bicyclic) bond motifs is 9. The molecule has 1 aliphatic carbocycles. The lowest BCUT2D eigenvalue weighted by atomic mass is 9.79. The Morgan fingerprint density at radius 3 is 1.78 bits per heavy atom. The van der Waals surface area contributed by atoms with Crippen LogP contribution in [0.25, 0.3) is 87.6 Å². The average molecular weight is 623 g/mol. The molecule has 10 rings (SSSR count). The Morgan fingerprint density at radius 1 is 0.327 bits per heavy atom. The van der Waals surface area contributed by atoms with Crippen molar-refractivity contribution in [1.82, 2.24) is 0 Å². The molecule has 0 saturated carbocycles. The van der Waals surface area contributed by atoms with Crippen molar-refractivity contribution < 1.29 is 0 Å². The molecule has 0 amide bonds. The quantitative estimate of drug-likeness (QED) is 0.136. The van der Waals surface area contributed by atoms with Crippen molar-refractivity contribution in [2.24, 2.45) is 0 Å². The van der Waals surface area contributed by atoms with E-state index in [-0.39, 0.29) is 5.41 Å². The molecular weight excluding hydrogens is 589 g/mol. The predicted molar refractivity (Wildman–Crippen MR) is 210 cm³/mol. The van der Waals surface area contributed by atoms with Crippen LogP contribution in [0.4, 0.5) is 0 Å². The van der Waals surface area contributed by atoms with Gasteiger partial charge in [-0.1, -0.05) is 166 Å². The van der Waals surface area contributed by atoms with Crippen LogP contribution in [0.5, 0.6) is 0 Å². The smallest absolute Gasteiger partial charge is 0.0165 e. The van der Waals surface area contributed by atoms with E-state index in [2.05, 4.69) is 184 Å². The second-order valence-corrected chi connectivity index (χ2v) is 14.1. The summed E-state index contributed by atoms with van der Waals surface area (Å²) in [6, 6.07) is 63.1. The molecule has 49 heavy (non-hydrogen) atoms. The zero-order chi connectivity index (χ0) is 32.7. The third kappa shape index (κ3) is 4.17. The molecule has 0 aromatic heterocycles. The standard InChI is InChI=1S/C49H34/c1-49(2)46-30-34(24-25-41(46)44-27-23-32-13-4-8-20-40(32)48(44)49)33-15-11-16-35(28-33)38-18-9-10-21-42(38)47-39-19-7-5-14-36(39)29-45-37-17-6-3-12-31(37)22-26-43(45)47/h3-30H,1-2H3. The Kier molecular flexibility index (Phi) is 6.02. The molecule has 9 aromatic carbocycles. The third-order valence-corrected chi connectivity index (χ3v) is 11.0. The fraction of sp³-hybridized carbons (Fsp3) is 0.0612. The van der Waals surface area contributed by atoms with Crippen LogP contribution < -0.4 is 0 Å². The molecular formula is C49H34. The summed E-state index contributed by atoms with van der Waals surface area (Å²) in [6.07, 6.45) is 0. The molecule has 0 bridgehead atoms. The molecule has 0 N–H and O–H groups in total. The van der Waals surface area contributed by atoms with E-state index in [1.165, 1.54) is 98.7 Å². The number of rotatable bonds is 3. The van der Waals surface area contributed by atoms with Gasteiger partial charge in [0.15, 0.2) is 0 Å². The van der Waals surface area contributed by atoms with Gasteiger partial charge in [-0.15, -0.1) is 0 Å². The SMILES string of the molecule is CC1(C)c2cc(-c3cccc(-c4ccccc4-c4c5ccccc5cc5c4ccc4ccccc45)c3)ccc2-c2ccc3ccccc3c21. The first-order valence-electron chi connectivity index (χ1n) is 17.3. The van der Waals surface area contributed by atoms with Gasteiger partial charge in [0, 0.05) is 5.41 Å². The summed E-state index contributed by atoms with van der Waals surface area (Å²) < 4.78 is 0. The predicted octanol–water partition coefficient (Wildman–Crippen LogP) is 13.6. The van der Waals surface area contributed by atoms with Gasteiger partial charge in [0.25, 0.3) is 0 Å². The van der Waals surface area contributed by atoms with Gasteiger partial charge in [-0.2, -0.15) is 0 Å². The highest BCUT2D eigenvalue weighted by Crippen LogP contribution is 2.52. The lowest BCUT2D eigenvalue weighted by molar-refractivity contribution is 0.666. The Labute approximate surface area is 286 Å². The lowest BCUT2D eigenvalue weighted by Gasteiger charge is -2.23. The van der Waals surface area contributed by atoms with Crippen molar-refractivity contribution in [1.29, 1.82) is 0 Å². The van der Waals surface area contributed by atoms with Crippen molar-refractivity contribution >= 4 is 43.1 Å². The Balaban J connectivity index is 1.14. The van der Waals surface area contributed by atoms with Crippen LogP contribution in [0.15, 0.2) is 170 Å². The van der Waals surface area contributed by atoms with Gasteiger partial charge in [0.05, 0.1) is 0 Å². The van der Waals surface area contributed by atoms with E-state index in [1.807, 2.05) is 0 Å². The highest BCUT2D eigenvalue weighted by atomic mass is 14.4. The van der Waals surface area contributed by atoms with Gasteiger partial charge in [-0.05, 0) is 117 Å². The van der Waals surface area contributed by atoms with E-state index in [4.69, 9.17) is 0 Å². The van der Waals surface area contributed by atoms with Crippen LogP contribution in [-0.4, -0.2) is 0 Å². The minimum atomic E-state index is -0.0919. The van der Waals surface area contributed by atoms with Crippen LogP contribution >= 0.6 is 0 Å². The molecule has 1 aliphatic rings. The van der Waals surface area contributed by atoms with Crippen molar-refractivity contribution in [3.63, 3.8) is 0 Å². The van der Waals surface area contributed by atoms with E-state index in [0.717, 1.165) is 0 Å². The second-order valence-electron chi connectivity index (χ2n) is 14.1. The average Bonchev–Trinajstić information content (AvgIpc) is 3.39. The maximum atomic E-state index is 2.44. The number of hydrogen-bond donors (Lipinski definition) is 0. The van der Waals surface area contributed by atoms with Crippen molar-refractivity contribution in [2.45, 2.75) is 19.3 Å². The molecule has 0 atom stereocenters. The van der Waals surface area contributed by atoms with E-state index in [1.54, 1.807) is 0 Å². The second kappa shape index (κ2) is 10.5. The van der Waals surface area contributed by atoms with Crippen molar-refractivity contribution in [3.8, 4) is 44.5 Å². The van der Waals surface area contributed by atoms with Crippen molar-refractivity contribution in [3.05, 3.63) is 181 Å². The zero-order valence-corrected chi connectivity index (χ0v) is 27.7. The number of benzene rings is 9. The summed E-state index contributed by atoms with van der Waals surface area (Å²) in [4.78, 5) is 0. The maximum Gasteiger partial charge on any atom is 0.0165 e. The fourth-order valence-corrected chi connectivity index (χ4v) is 8.71. The minimum Gasteiger partial charge on any atom is -0.0616 e. The molecule has 0 nitrogen and oxygen atoms in total. The topological polar surface area (TPSA) is 0 Å². The summed E-state index contributed by atoms with van der Waals surface area (Å²) in [7, 11) is 0. The third-order valence-electron chi connectivity index (χ3n) is 11.0. The van der Waals surface area contributed by atoms with Gasteiger partial charge in [0.2, 0.25) is 0 Å². The van der Waals surface area contributed by atoms with E-state index < -0.39 is 0 Å². The first kappa shape index (κ1) is 28.1. The Hall–Kier alpha value is -5.98. The highest BCUT2D eigenvalue weighted by molar-refractivity contribution is 6.21. The monoisotopic (exact) mass is 622 g/mol. The van der Waals surface area contributed by atoms with Gasteiger partial charge >= 0.3 is 0 Å². The molecule has 0 aliphatic heterocycles. The van der Waals surface area contributed by atoms with Crippen LogP contribution in [0.2, 0.25) is 0 Å². The van der Waals surface area contributed by atoms with E-state index in [9.17, 15) is 0 Å². The molecule has 0 saturated heterocycles. The molecule has 0 spiro atoms. The van der Waals surface area contributed by atoms with E-state index in [0.29, 0.717) is 0 Å². The maximum absolute atomic E-state index is 2.44. The summed E-state index contributed by atoms with van der Waals surface area (Å²) in [6.45, 7) is 4.77. The molecule has 230 valence electrons. The van der Waals surface area contributed by atoms with Crippen LogP contribution in [-0.2, 0) is 5.41 Å². The van der Waals surface area contributed by atoms with Crippen LogP contribution in [0.1, 0.15) is 25.0 Å². The molecule has 0 unspecified atom stereocenters. The van der Waals surface area contributed by atoms with Crippen molar-refractivity contribution in [2.75, 3.05) is 0 Å². The largest absolute Gasteiger partial charge is 0.0616 e. The van der Waals surface area contributed by atoms with Crippen LogP contribution in [0.3, 0.4) is 0 Å². The fourth-order valence-electron chi connectivity index (χ4n) is 8.71. The normalized spacial score (nSPS) is 13.3. The van der Waals surface area contributed by atoms with Crippen LogP contribution in [0, 0.1) is 0 Å². The Bertz CT molecular complexity index is 2800. The van der Waals surface area contributed by atoms with Gasteiger partial charge < -0.3 is 0 Å². The zero-order valence-electron chi connectivity index (χ0n) is 27.7. The summed E-state index contributed by atoms with van der Waals surface area (Å²) in [5.41, 5.74) is 13.0. The lowest BCUT2D eigenvalue weighted by Crippen LogP contribution is -2.15. The first-order chi connectivity index (χ1) is 24.1. The first-order valence-corrected chi connectivity index (χ1v) is 17.3. The Morgan fingerprint density at radius 2 is 0.939 bits per heavy atom. The van der Waals surface area contributed by atoms with Gasteiger partial charge in [-0.3, -0.25) is 0 Å². The summed E-state index contributed by atoms with van der Waals surface area (Å²) >= 11 is 0. The summed E-state index contributed by atoms with van der Waals surface area (Å²) in [5.74, 6) is 0. The molecule has 0 fully saturated rings. The molecule has 9 aromatic rings. The minimum absolute atomic E-state index is 0.0919. The molecule has 0 radical (unpaired) electrons. The molecule has 0 heterocycles. The highest BCUT2D eigenvalue weighted by Gasteiger charge is 2.37. The van der Waals surface area contributed by atoms with Gasteiger partial charge in [0.1, 0.15) is 0 Å². The number of hydrogen-bond acceptors (Lipinski definition) is 0. The van der Waals surface area contributed by atoms with E-state index >= 15 is 0 Å². The van der Waals surface area contributed by atoms with Gasteiger partial charge in [-0.25, -0.2) is 0 Å². The molecule has 0 heteroatoms. The summed E-state index contributed by atoms with van der Waals surface area (Å²) in [5, 5.41) is 10.4.